The van der Waals surface area contributed by atoms with Crippen LogP contribution in [-0.2, 0) is 16.8 Å². The molecule has 0 spiro atoms. The molecule has 2 aliphatic carbocycles. The zero-order chi connectivity index (χ0) is 9.19. The predicted molar refractivity (Wildman–Crippen MR) is 64.7 cm³/mol. The Labute approximate surface area is 105 Å². The molecule has 2 rings (SSSR count). The molecule has 0 saturated carbocycles. The molecule has 0 unspecified atom stereocenters. The van der Waals surface area contributed by atoms with E-state index in [2.05, 4.69) is 36.5 Å². The Morgan fingerprint density at radius 2 is 1.20 bits per heavy atom. The maximum atomic E-state index is 2.99. The fourth-order valence-corrected chi connectivity index (χ4v) is 1.20. The molecule has 0 aromatic carbocycles. The van der Waals surface area contributed by atoms with E-state index < -0.39 is 0 Å². The minimum absolute atomic E-state index is 0. The summed E-state index contributed by atoms with van der Waals surface area (Å²) >= 11 is 0. The van der Waals surface area contributed by atoms with Crippen molar-refractivity contribution in [2.24, 2.45) is 0 Å². The Morgan fingerprint density at radius 1 is 0.733 bits per heavy atom. The van der Waals surface area contributed by atoms with Gasteiger partial charge in [0.25, 0.3) is 0 Å². The van der Waals surface area contributed by atoms with E-state index in [4.69, 9.17) is 0 Å². The quantitative estimate of drug-likeness (QED) is 0.439. The van der Waals surface area contributed by atoms with Crippen molar-refractivity contribution < 1.29 is 16.8 Å². The van der Waals surface area contributed by atoms with Crippen molar-refractivity contribution in [1.29, 1.82) is 0 Å². The van der Waals surface area contributed by atoms with Gasteiger partial charge in [-0.2, -0.15) is 6.08 Å². The molecule has 0 aromatic rings. The van der Waals surface area contributed by atoms with Gasteiger partial charge in [0.1, 0.15) is 0 Å². The van der Waals surface area contributed by atoms with Crippen LogP contribution in [0, 0.1) is 13.5 Å². The standard InChI is InChI=1S/C8H12.C5H5.CH3.Co/c1-2-4-6-8-7-5-3-1;1-2-4-5-3-1;;/h1-2,7-8H,3-6H2;1-3H,4H2;1H3;/q;2*-1;+2/b2-1-,8-7?;;;. The molecule has 85 valence electrons. The van der Waals surface area contributed by atoms with Crippen LogP contribution in [0.15, 0.2) is 42.5 Å². The first kappa shape index (κ1) is 16.9. The SMILES string of the molecule is C1=CCC/C=C\CC1.[C-]1=CC=CC1.[CH3-].[Co+2]. The summed E-state index contributed by atoms with van der Waals surface area (Å²) < 4.78 is 0. The minimum atomic E-state index is 0. The summed E-state index contributed by atoms with van der Waals surface area (Å²) in [5.41, 5.74) is 0. The second kappa shape index (κ2) is 13.5. The van der Waals surface area contributed by atoms with E-state index in [1.807, 2.05) is 12.2 Å². The summed E-state index contributed by atoms with van der Waals surface area (Å²) in [5.74, 6) is 0. The van der Waals surface area contributed by atoms with Gasteiger partial charge in [0.2, 0.25) is 0 Å². The van der Waals surface area contributed by atoms with Crippen molar-refractivity contribution in [3.63, 3.8) is 0 Å². The van der Waals surface area contributed by atoms with E-state index in [9.17, 15) is 0 Å². The van der Waals surface area contributed by atoms with Crippen LogP contribution >= 0.6 is 0 Å². The number of rotatable bonds is 0. The van der Waals surface area contributed by atoms with E-state index >= 15 is 0 Å². The van der Waals surface area contributed by atoms with Crippen LogP contribution in [0.2, 0.25) is 0 Å². The van der Waals surface area contributed by atoms with E-state index in [0.29, 0.717) is 0 Å². The Kier molecular flexibility index (Phi) is 15.2. The average molecular weight is 247 g/mol. The van der Waals surface area contributed by atoms with E-state index in [1.165, 1.54) is 25.7 Å². The smallest absolute Gasteiger partial charge is 0.358 e. The maximum absolute atomic E-state index is 2.99. The van der Waals surface area contributed by atoms with Crippen LogP contribution in [0.3, 0.4) is 0 Å². The third-order valence-corrected chi connectivity index (χ3v) is 1.92. The molecule has 0 heterocycles. The first-order valence-electron chi connectivity index (χ1n) is 5.02. The Bertz CT molecular complexity index is 185. The van der Waals surface area contributed by atoms with Crippen molar-refractivity contribution in [2.45, 2.75) is 32.1 Å². The maximum Gasteiger partial charge on any atom is 2.00 e. The van der Waals surface area contributed by atoms with Gasteiger partial charge in [0.05, 0.1) is 0 Å². The molecule has 0 nitrogen and oxygen atoms in total. The van der Waals surface area contributed by atoms with Gasteiger partial charge in [-0.15, -0.1) is 6.42 Å². The molecule has 1 heteroatoms. The van der Waals surface area contributed by atoms with Crippen molar-refractivity contribution in [3.8, 4) is 0 Å². The van der Waals surface area contributed by atoms with Crippen LogP contribution in [0.1, 0.15) is 32.1 Å². The summed E-state index contributed by atoms with van der Waals surface area (Å²) in [7, 11) is 0. The summed E-state index contributed by atoms with van der Waals surface area (Å²) in [5, 5.41) is 0. The number of hydrogen-bond acceptors (Lipinski definition) is 0. The molecule has 0 N–H and O–H groups in total. The van der Waals surface area contributed by atoms with E-state index in [1.54, 1.807) is 0 Å². The van der Waals surface area contributed by atoms with Gasteiger partial charge >= 0.3 is 16.8 Å². The molecule has 1 radical (unpaired) electrons. The van der Waals surface area contributed by atoms with Crippen LogP contribution in [0.25, 0.3) is 0 Å². The summed E-state index contributed by atoms with van der Waals surface area (Å²) in [6.07, 6.45) is 24.0. The van der Waals surface area contributed by atoms with Crippen molar-refractivity contribution in [1.82, 2.24) is 0 Å². The molecule has 0 aliphatic heterocycles. The Balaban J connectivity index is 0. The fraction of sp³-hybridized carbons (Fsp3) is 0.357. The van der Waals surface area contributed by atoms with Gasteiger partial charge in [-0.25, -0.2) is 12.2 Å². The second-order valence-electron chi connectivity index (χ2n) is 3.10. The minimum Gasteiger partial charge on any atom is -0.358 e. The molecule has 2 aliphatic rings. The average Bonchev–Trinajstić information content (AvgIpc) is 2.58. The van der Waals surface area contributed by atoms with E-state index in [0.717, 1.165) is 6.42 Å². The third-order valence-electron chi connectivity index (χ3n) is 1.92. The number of allylic oxidation sites excluding steroid dienone is 8. The molecule has 0 bridgehead atoms. The monoisotopic (exact) mass is 247 g/mol. The zero-order valence-corrected chi connectivity index (χ0v) is 10.5. The molecular formula is C14H20Co. The van der Waals surface area contributed by atoms with Crippen molar-refractivity contribution >= 4 is 0 Å². The molecule has 0 fully saturated rings. The number of hydrogen-bond donors (Lipinski definition) is 0. The molecule has 0 amide bonds. The summed E-state index contributed by atoms with van der Waals surface area (Å²) in [4.78, 5) is 0. The fourth-order valence-electron chi connectivity index (χ4n) is 1.20. The van der Waals surface area contributed by atoms with Gasteiger partial charge in [-0.1, -0.05) is 24.3 Å². The first-order chi connectivity index (χ1) is 6.50. The summed E-state index contributed by atoms with van der Waals surface area (Å²) in [6, 6.07) is 0. The normalized spacial score (nSPS) is 18.7. The van der Waals surface area contributed by atoms with Crippen molar-refractivity contribution in [2.75, 3.05) is 0 Å². The van der Waals surface area contributed by atoms with Crippen molar-refractivity contribution in [3.05, 3.63) is 56.0 Å². The second-order valence-corrected chi connectivity index (χ2v) is 3.10. The van der Waals surface area contributed by atoms with Crippen LogP contribution in [0.4, 0.5) is 0 Å². The Morgan fingerprint density at radius 3 is 1.40 bits per heavy atom. The molecule has 0 atom stereocenters. The first-order valence-corrected chi connectivity index (χ1v) is 5.02. The molecule has 0 aromatic heterocycles. The van der Waals surface area contributed by atoms with Gasteiger partial charge in [-0.05, 0) is 25.7 Å². The topological polar surface area (TPSA) is 0 Å². The zero-order valence-electron chi connectivity index (χ0n) is 9.41. The largest absolute Gasteiger partial charge is 2.00 e. The predicted octanol–water partition coefficient (Wildman–Crippen LogP) is 4.43. The van der Waals surface area contributed by atoms with Gasteiger partial charge in [-0.3, -0.25) is 6.08 Å². The molecular weight excluding hydrogens is 227 g/mol. The summed E-state index contributed by atoms with van der Waals surface area (Å²) in [6.45, 7) is 0. The van der Waals surface area contributed by atoms with E-state index in [-0.39, 0.29) is 24.2 Å². The molecule has 15 heavy (non-hydrogen) atoms. The Hall–Kier alpha value is -0.534. The van der Waals surface area contributed by atoms with Crippen LogP contribution in [-0.4, -0.2) is 0 Å². The van der Waals surface area contributed by atoms with Crippen LogP contribution in [0.5, 0.6) is 0 Å². The third kappa shape index (κ3) is 11.4. The van der Waals surface area contributed by atoms with Crippen LogP contribution < -0.4 is 0 Å². The molecule has 0 saturated heterocycles. The van der Waals surface area contributed by atoms with Gasteiger partial charge in [0, 0.05) is 0 Å². The van der Waals surface area contributed by atoms with Gasteiger partial charge in [0.15, 0.2) is 0 Å². The van der Waals surface area contributed by atoms with Gasteiger partial charge < -0.3 is 7.43 Å².